The predicted molar refractivity (Wildman–Crippen MR) is 19.3 cm³/mol. The normalized spacial score (nSPS) is 9.57. The van der Waals surface area contributed by atoms with Gasteiger partial charge >= 0.3 is 75.9 Å². The SMILES string of the molecule is C=C[B-](F)(F)F.[Cs+]. The summed E-state index contributed by atoms with van der Waals surface area (Å²) >= 11 is 0. The second-order valence-corrected chi connectivity index (χ2v) is 0.861. The van der Waals surface area contributed by atoms with E-state index in [1.165, 1.54) is 0 Å². The molecule has 0 amide bonds. The molecule has 0 saturated carbocycles. The summed E-state index contributed by atoms with van der Waals surface area (Å²) in [7, 11) is 0. The Hall–Kier alpha value is 1.65. The third-order valence-electron chi connectivity index (χ3n) is 0.267. The van der Waals surface area contributed by atoms with Gasteiger partial charge in [0.05, 0.1) is 0 Å². The minimum atomic E-state index is -4.72. The zero-order valence-corrected chi connectivity index (χ0v) is 10.3. The number of hydrogen-bond donors (Lipinski definition) is 0. The van der Waals surface area contributed by atoms with E-state index in [0.29, 0.717) is 0 Å². The van der Waals surface area contributed by atoms with Gasteiger partial charge in [0.1, 0.15) is 0 Å². The average Bonchev–Trinajstić information content (AvgIpc) is 1.35. The fourth-order valence-electron chi connectivity index (χ4n) is 0. The molecule has 0 spiro atoms. The van der Waals surface area contributed by atoms with E-state index < -0.39 is 6.98 Å². The maximum Gasteiger partial charge on any atom is 1.00 e. The van der Waals surface area contributed by atoms with Gasteiger partial charge in [-0.05, 0) is 0 Å². The zero-order chi connectivity index (χ0) is 5.21. The maximum atomic E-state index is 10.7. The molecule has 0 atom stereocenters. The van der Waals surface area contributed by atoms with Crippen molar-refractivity contribution in [2.75, 3.05) is 0 Å². The van der Waals surface area contributed by atoms with Gasteiger partial charge in [0.25, 0.3) is 0 Å². The summed E-state index contributed by atoms with van der Waals surface area (Å²) in [6.07, 6.45) is 0. The molecule has 0 unspecified atom stereocenters. The summed E-state index contributed by atoms with van der Waals surface area (Å²) < 4.78 is 32.2. The summed E-state index contributed by atoms with van der Waals surface area (Å²) in [5.41, 5.74) is 0. The first-order valence-corrected chi connectivity index (χ1v) is 1.40. The van der Waals surface area contributed by atoms with Crippen molar-refractivity contribution in [2.45, 2.75) is 0 Å². The Morgan fingerprint density at radius 1 is 1.29 bits per heavy atom. The fourth-order valence-corrected chi connectivity index (χ4v) is 0. The molecule has 5 heteroatoms. The molecular formula is C2H3BCsF3. The number of halogens is 3. The second kappa shape index (κ2) is 4.52. The standard InChI is InChI=1S/C2H3BF3.Cs/c1-2-3(4,5)6;/h2H,1H2;/q-1;+1. The Morgan fingerprint density at radius 2 is 1.43 bits per heavy atom. The van der Waals surface area contributed by atoms with Crippen LogP contribution in [0.3, 0.4) is 0 Å². The third kappa shape index (κ3) is 11.3. The maximum absolute atomic E-state index is 10.7. The quantitative estimate of drug-likeness (QED) is 0.482. The van der Waals surface area contributed by atoms with Crippen molar-refractivity contribution in [3.8, 4) is 0 Å². The molecule has 0 aromatic carbocycles. The van der Waals surface area contributed by atoms with E-state index in [1.54, 1.807) is 0 Å². The fraction of sp³-hybridized carbons (Fsp3) is 0. The van der Waals surface area contributed by atoms with Crippen molar-refractivity contribution in [2.24, 2.45) is 0 Å². The van der Waals surface area contributed by atoms with Crippen LogP contribution in [-0.2, 0) is 0 Å². The molecule has 0 rings (SSSR count). The summed E-state index contributed by atoms with van der Waals surface area (Å²) in [5.74, 6) is 0. The molecule has 0 aliphatic heterocycles. The van der Waals surface area contributed by atoms with Crippen molar-refractivity contribution in [1.29, 1.82) is 0 Å². The first-order valence-electron chi connectivity index (χ1n) is 1.40. The van der Waals surface area contributed by atoms with Crippen LogP contribution >= 0.6 is 0 Å². The molecule has 0 aromatic heterocycles. The van der Waals surface area contributed by atoms with Gasteiger partial charge in [-0.15, -0.1) is 6.58 Å². The van der Waals surface area contributed by atoms with E-state index in [9.17, 15) is 12.9 Å². The molecule has 0 saturated heterocycles. The molecule has 0 bridgehead atoms. The van der Waals surface area contributed by atoms with E-state index in [0.717, 1.165) is 0 Å². The Bertz CT molecular complexity index is 58.4. The van der Waals surface area contributed by atoms with Crippen LogP contribution in [0.25, 0.3) is 0 Å². The van der Waals surface area contributed by atoms with Crippen molar-refractivity contribution in [3.63, 3.8) is 0 Å². The van der Waals surface area contributed by atoms with Crippen LogP contribution in [0.5, 0.6) is 0 Å². The third-order valence-corrected chi connectivity index (χ3v) is 0.267. The van der Waals surface area contributed by atoms with Crippen LogP contribution in [0, 0.1) is 0 Å². The molecule has 0 aromatic rings. The Kier molecular flexibility index (Phi) is 7.39. The summed E-state index contributed by atoms with van der Waals surface area (Å²) in [6, 6.07) is 0. The Morgan fingerprint density at radius 3 is 1.43 bits per heavy atom. The largest absolute Gasteiger partial charge is 1.00 e. The smallest absolute Gasteiger partial charge is 0.445 e. The molecule has 36 valence electrons. The Balaban J connectivity index is 0. The molecule has 0 heterocycles. The molecule has 0 aliphatic carbocycles. The molecular weight excluding hydrogens is 225 g/mol. The minimum Gasteiger partial charge on any atom is -0.445 e. The topological polar surface area (TPSA) is 0 Å². The van der Waals surface area contributed by atoms with Gasteiger partial charge < -0.3 is 12.9 Å². The minimum absolute atomic E-state index is 0. The van der Waals surface area contributed by atoms with Crippen LogP contribution < -0.4 is 68.9 Å². The predicted octanol–water partition coefficient (Wildman–Crippen LogP) is -1.44. The summed E-state index contributed by atoms with van der Waals surface area (Å²) in [6.45, 7) is -2.19. The molecule has 0 N–H and O–H groups in total. The van der Waals surface area contributed by atoms with E-state index in [4.69, 9.17) is 0 Å². The van der Waals surface area contributed by atoms with E-state index in [2.05, 4.69) is 6.58 Å². The molecule has 0 fully saturated rings. The van der Waals surface area contributed by atoms with Crippen molar-refractivity contribution >= 4 is 6.98 Å². The summed E-state index contributed by atoms with van der Waals surface area (Å²) in [5, 5.41) is 0. The van der Waals surface area contributed by atoms with Gasteiger partial charge in [-0.2, -0.15) is 5.98 Å². The monoisotopic (exact) mass is 228 g/mol. The molecule has 0 radical (unpaired) electrons. The number of hydrogen-bond acceptors (Lipinski definition) is 0. The molecule has 7 heavy (non-hydrogen) atoms. The summed E-state index contributed by atoms with van der Waals surface area (Å²) in [4.78, 5) is 0. The van der Waals surface area contributed by atoms with Crippen molar-refractivity contribution < 1.29 is 81.8 Å². The zero-order valence-electron chi connectivity index (χ0n) is 4.00. The van der Waals surface area contributed by atoms with Gasteiger partial charge in [0.2, 0.25) is 0 Å². The van der Waals surface area contributed by atoms with E-state index in [1.807, 2.05) is 0 Å². The second-order valence-electron chi connectivity index (χ2n) is 0.861. The number of rotatable bonds is 1. The van der Waals surface area contributed by atoms with Crippen LogP contribution in [0.1, 0.15) is 0 Å². The van der Waals surface area contributed by atoms with E-state index >= 15 is 0 Å². The first-order chi connectivity index (χ1) is 2.56. The first kappa shape index (κ1) is 11.4. The van der Waals surface area contributed by atoms with Crippen LogP contribution in [0.2, 0.25) is 0 Å². The van der Waals surface area contributed by atoms with Crippen LogP contribution in [-0.4, -0.2) is 6.98 Å². The van der Waals surface area contributed by atoms with Crippen molar-refractivity contribution in [1.82, 2.24) is 0 Å². The van der Waals surface area contributed by atoms with E-state index in [-0.39, 0.29) is 74.9 Å². The molecule has 0 nitrogen and oxygen atoms in total. The Labute approximate surface area is 99.0 Å². The van der Waals surface area contributed by atoms with Gasteiger partial charge in [0.15, 0.2) is 0 Å². The van der Waals surface area contributed by atoms with Gasteiger partial charge in [-0.25, -0.2) is 0 Å². The van der Waals surface area contributed by atoms with Crippen LogP contribution in [0.15, 0.2) is 12.6 Å². The van der Waals surface area contributed by atoms with Crippen molar-refractivity contribution in [3.05, 3.63) is 12.6 Å². The van der Waals surface area contributed by atoms with Crippen LogP contribution in [0.4, 0.5) is 12.9 Å². The average molecular weight is 228 g/mol. The van der Waals surface area contributed by atoms with Gasteiger partial charge in [-0.1, -0.05) is 0 Å². The molecule has 0 aliphatic rings. The van der Waals surface area contributed by atoms with Gasteiger partial charge in [-0.3, -0.25) is 0 Å². The van der Waals surface area contributed by atoms with Gasteiger partial charge in [0, 0.05) is 0 Å².